The number of halogens is 1. The second-order valence-electron chi connectivity index (χ2n) is 5.46. The van der Waals surface area contributed by atoms with Gasteiger partial charge in [0.15, 0.2) is 0 Å². The Morgan fingerprint density at radius 3 is 2.58 bits per heavy atom. The Kier molecular flexibility index (Phi) is 6.28. The summed E-state index contributed by atoms with van der Waals surface area (Å²) in [4.78, 5) is 30.1. The molecule has 126 valence electrons. The van der Waals surface area contributed by atoms with Crippen molar-refractivity contribution in [2.75, 3.05) is 32.5 Å². The Hall–Kier alpha value is -2.44. The molecule has 0 fully saturated rings. The van der Waals surface area contributed by atoms with Crippen LogP contribution in [0.25, 0.3) is 0 Å². The highest BCUT2D eigenvalue weighted by molar-refractivity contribution is 6.29. The fourth-order valence-electron chi connectivity index (χ4n) is 1.98. The van der Waals surface area contributed by atoms with E-state index in [0.717, 1.165) is 6.54 Å². The number of aromatic nitrogens is 1. The predicted molar refractivity (Wildman–Crippen MR) is 94.5 cm³/mol. The van der Waals surface area contributed by atoms with E-state index in [9.17, 15) is 9.59 Å². The highest BCUT2D eigenvalue weighted by atomic mass is 35.5. The molecule has 0 aliphatic heterocycles. The number of anilines is 1. The fourth-order valence-corrected chi connectivity index (χ4v) is 2.15. The Labute approximate surface area is 145 Å². The summed E-state index contributed by atoms with van der Waals surface area (Å²) in [6, 6.07) is 9.82. The van der Waals surface area contributed by atoms with Crippen LogP contribution in [0.2, 0.25) is 5.15 Å². The van der Waals surface area contributed by atoms with Crippen molar-refractivity contribution in [3.8, 4) is 0 Å². The van der Waals surface area contributed by atoms with E-state index in [2.05, 4.69) is 15.6 Å². The van der Waals surface area contributed by atoms with Gasteiger partial charge in [-0.05, 0) is 44.4 Å². The summed E-state index contributed by atoms with van der Waals surface area (Å²) in [6.07, 6.45) is 1.46. The van der Waals surface area contributed by atoms with E-state index in [-0.39, 0.29) is 17.0 Å². The van der Waals surface area contributed by atoms with Crippen LogP contribution in [0.15, 0.2) is 42.6 Å². The normalized spacial score (nSPS) is 10.5. The summed E-state index contributed by atoms with van der Waals surface area (Å²) < 4.78 is 0. The zero-order valence-corrected chi connectivity index (χ0v) is 14.3. The number of hydrogen-bond donors (Lipinski definition) is 2. The number of benzene rings is 1. The first-order chi connectivity index (χ1) is 11.5. The lowest BCUT2D eigenvalue weighted by Crippen LogP contribution is -2.31. The summed E-state index contributed by atoms with van der Waals surface area (Å²) in [5.41, 5.74) is 1.42. The summed E-state index contributed by atoms with van der Waals surface area (Å²) in [6.45, 7) is 1.31. The van der Waals surface area contributed by atoms with Gasteiger partial charge in [0.05, 0.1) is 0 Å². The predicted octanol–water partition coefficient (Wildman–Crippen LogP) is 2.28. The van der Waals surface area contributed by atoms with Crippen LogP contribution < -0.4 is 10.6 Å². The number of nitrogens with zero attached hydrogens (tertiary/aromatic N) is 2. The van der Waals surface area contributed by atoms with E-state index in [1.54, 1.807) is 30.3 Å². The molecular weight excluding hydrogens is 328 g/mol. The van der Waals surface area contributed by atoms with Gasteiger partial charge < -0.3 is 15.5 Å². The van der Waals surface area contributed by atoms with Crippen LogP contribution >= 0.6 is 11.6 Å². The lowest BCUT2D eigenvalue weighted by molar-refractivity contribution is 0.0949. The number of hydrogen-bond acceptors (Lipinski definition) is 4. The maximum absolute atomic E-state index is 12.2. The van der Waals surface area contributed by atoms with Crippen molar-refractivity contribution in [1.29, 1.82) is 0 Å². The first-order valence-electron chi connectivity index (χ1n) is 7.41. The van der Waals surface area contributed by atoms with Crippen molar-refractivity contribution in [1.82, 2.24) is 15.2 Å². The smallest absolute Gasteiger partial charge is 0.255 e. The molecule has 0 spiro atoms. The van der Waals surface area contributed by atoms with E-state index < -0.39 is 0 Å². The van der Waals surface area contributed by atoms with Gasteiger partial charge in [-0.1, -0.05) is 17.7 Å². The van der Waals surface area contributed by atoms with Gasteiger partial charge in [-0.2, -0.15) is 0 Å². The van der Waals surface area contributed by atoms with Crippen LogP contribution in [-0.2, 0) is 0 Å². The molecular formula is C17H19ClN4O2. The van der Waals surface area contributed by atoms with Crippen molar-refractivity contribution in [2.45, 2.75) is 0 Å². The Balaban J connectivity index is 2.02. The molecule has 0 unspecified atom stereocenters. The number of likely N-dealkylation sites (N-methyl/N-ethyl adjacent to an activating group) is 1. The van der Waals surface area contributed by atoms with Crippen molar-refractivity contribution in [2.24, 2.45) is 0 Å². The van der Waals surface area contributed by atoms with Gasteiger partial charge in [-0.15, -0.1) is 0 Å². The molecule has 2 rings (SSSR count). The van der Waals surface area contributed by atoms with Crippen LogP contribution in [0.3, 0.4) is 0 Å². The molecule has 1 aromatic carbocycles. The van der Waals surface area contributed by atoms with Gasteiger partial charge in [0, 0.05) is 36.1 Å². The molecule has 0 saturated carbocycles. The highest BCUT2D eigenvalue weighted by Crippen LogP contribution is 2.13. The molecule has 1 aromatic heterocycles. The van der Waals surface area contributed by atoms with E-state index in [1.165, 1.54) is 12.3 Å². The standard InChI is InChI=1S/C17H19ClN4O2/c1-22(2)9-8-20-16(23)12-4-3-5-14(10-12)21-17(24)13-6-7-19-15(18)11-13/h3-7,10-11H,8-9H2,1-2H3,(H,20,23)(H,21,24). The van der Waals surface area contributed by atoms with Crippen LogP contribution in [0, 0.1) is 0 Å². The molecule has 0 saturated heterocycles. The third-order valence-electron chi connectivity index (χ3n) is 3.22. The second kappa shape index (κ2) is 8.42. The molecule has 2 N–H and O–H groups in total. The third kappa shape index (κ3) is 5.33. The van der Waals surface area contributed by atoms with Crippen molar-refractivity contribution in [3.63, 3.8) is 0 Å². The molecule has 1 heterocycles. The van der Waals surface area contributed by atoms with Crippen molar-refractivity contribution in [3.05, 3.63) is 58.9 Å². The van der Waals surface area contributed by atoms with Crippen LogP contribution in [0.4, 0.5) is 5.69 Å². The number of amides is 2. The van der Waals surface area contributed by atoms with Crippen LogP contribution in [-0.4, -0.2) is 48.9 Å². The number of rotatable bonds is 6. The lowest BCUT2D eigenvalue weighted by atomic mass is 10.1. The number of nitrogens with one attached hydrogen (secondary N) is 2. The minimum absolute atomic E-state index is 0.181. The molecule has 0 atom stereocenters. The molecule has 24 heavy (non-hydrogen) atoms. The van der Waals surface area contributed by atoms with Gasteiger partial charge in [0.2, 0.25) is 0 Å². The fraction of sp³-hybridized carbons (Fsp3) is 0.235. The largest absolute Gasteiger partial charge is 0.351 e. The van der Waals surface area contributed by atoms with Gasteiger partial charge >= 0.3 is 0 Å². The summed E-state index contributed by atoms with van der Waals surface area (Å²) in [5.74, 6) is -0.496. The maximum atomic E-state index is 12.2. The van der Waals surface area contributed by atoms with Crippen LogP contribution in [0.5, 0.6) is 0 Å². The monoisotopic (exact) mass is 346 g/mol. The van der Waals surface area contributed by atoms with Gasteiger partial charge in [-0.25, -0.2) is 4.98 Å². The topological polar surface area (TPSA) is 74.3 Å². The molecule has 0 aliphatic rings. The Morgan fingerprint density at radius 2 is 1.88 bits per heavy atom. The Morgan fingerprint density at radius 1 is 1.12 bits per heavy atom. The first kappa shape index (κ1) is 17.9. The summed E-state index contributed by atoms with van der Waals surface area (Å²) in [7, 11) is 3.88. The minimum Gasteiger partial charge on any atom is -0.351 e. The van der Waals surface area contributed by atoms with Gasteiger partial charge in [-0.3, -0.25) is 9.59 Å². The van der Waals surface area contributed by atoms with Gasteiger partial charge in [0.1, 0.15) is 5.15 Å². The molecule has 2 amide bonds. The Bertz CT molecular complexity index is 734. The molecule has 6 nitrogen and oxygen atoms in total. The quantitative estimate of drug-likeness (QED) is 0.787. The second-order valence-corrected chi connectivity index (χ2v) is 5.85. The maximum Gasteiger partial charge on any atom is 0.255 e. The molecule has 0 aliphatic carbocycles. The summed E-state index contributed by atoms with van der Waals surface area (Å²) >= 11 is 5.78. The van der Waals surface area contributed by atoms with Crippen molar-refractivity contribution >= 4 is 29.1 Å². The molecule has 0 radical (unpaired) electrons. The van der Waals surface area contributed by atoms with E-state index >= 15 is 0 Å². The molecule has 2 aromatic rings. The van der Waals surface area contributed by atoms with Gasteiger partial charge in [0.25, 0.3) is 11.8 Å². The highest BCUT2D eigenvalue weighted by Gasteiger charge is 2.10. The first-order valence-corrected chi connectivity index (χ1v) is 7.79. The summed E-state index contributed by atoms with van der Waals surface area (Å²) in [5, 5.41) is 5.82. The zero-order chi connectivity index (χ0) is 17.5. The van der Waals surface area contributed by atoms with E-state index in [0.29, 0.717) is 23.4 Å². The zero-order valence-electron chi connectivity index (χ0n) is 13.5. The van der Waals surface area contributed by atoms with Crippen LogP contribution in [0.1, 0.15) is 20.7 Å². The lowest BCUT2D eigenvalue weighted by Gasteiger charge is -2.11. The van der Waals surface area contributed by atoms with Crippen molar-refractivity contribution < 1.29 is 9.59 Å². The van der Waals surface area contributed by atoms with E-state index in [1.807, 2.05) is 19.0 Å². The third-order valence-corrected chi connectivity index (χ3v) is 3.42. The number of pyridine rings is 1. The SMILES string of the molecule is CN(C)CCNC(=O)c1cccc(NC(=O)c2ccnc(Cl)c2)c1. The minimum atomic E-state index is -0.315. The number of carbonyl (C=O) groups excluding carboxylic acids is 2. The van der Waals surface area contributed by atoms with E-state index in [4.69, 9.17) is 11.6 Å². The molecule has 7 heteroatoms. The molecule has 0 bridgehead atoms. The average Bonchev–Trinajstić information content (AvgIpc) is 2.54. The average molecular weight is 347 g/mol. The number of carbonyl (C=O) groups is 2.